The molecule has 0 aliphatic heterocycles. The van der Waals surface area contributed by atoms with Crippen LogP contribution >= 0.6 is 0 Å². The van der Waals surface area contributed by atoms with Crippen LogP contribution in [0.5, 0.6) is 11.5 Å². The fraction of sp³-hybridized carbons (Fsp3) is 0.138. The minimum atomic E-state index is -0.536. The van der Waals surface area contributed by atoms with Gasteiger partial charge in [-0.3, -0.25) is 14.4 Å². The Labute approximate surface area is 214 Å². The number of aryl methyl sites for hydroxylation is 1. The van der Waals surface area contributed by atoms with Gasteiger partial charge in [-0.2, -0.15) is 0 Å². The molecular weight excluding hydrogens is 470 g/mol. The Morgan fingerprint density at radius 2 is 1.57 bits per heavy atom. The van der Waals surface area contributed by atoms with Crippen LogP contribution in [0, 0.1) is 6.92 Å². The molecule has 8 nitrogen and oxygen atoms in total. The van der Waals surface area contributed by atoms with Gasteiger partial charge in [-0.1, -0.05) is 48.0 Å². The second kappa shape index (κ2) is 11.7. The summed E-state index contributed by atoms with van der Waals surface area (Å²) in [5, 5.41) is 5.47. The fourth-order valence-electron chi connectivity index (χ4n) is 3.79. The Kier molecular flexibility index (Phi) is 8.00. The lowest BCUT2D eigenvalue weighted by atomic mass is 10.1. The van der Waals surface area contributed by atoms with E-state index in [1.165, 1.54) is 17.7 Å². The largest absolute Gasteiger partial charge is 0.493 e. The molecule has 188 valence electrons. The normalized spacial score (nSPS) is 10.4. The summed E-state index contributed by atoms with van der Waals surface area (Å²) in [5.74, 6) is 0.0685. The lowest BCUT2D eigenvalue weighted by Crippen LogP contribution is -2.29. The summed E-state index contributed by atoms with van der Waals surface area (Å²) in [6.07, 6.45) is 1.66. The highest BCUT2D eigenvalue weighted by atomic mass is 16.5. The highest BCUT2D eigenvalue weighted by molar-refractivity contribution is 6.04. The first kappa shape index (κ1) is 25.2. The number of aromatic nitrogens is 1. The molecule has 0 atom stereocenters. The first-order valence-electron chi connectivity index (χ1n) is 11.6. The number of benzene rings is 3. The molecule has 0 aliphatic carbocycles. The van der Waals surface area contributed by atoms with E-state index in [4.69, 9.17) is 9.47 Å². The molecule has 4 rings (SSSR count). The van der Waals surface area contributed by atoms with Gasteiger partial charge in [-0.15, -0.1) is 0 Å². The average Bonchev–Trinajstić information content (AvgIpc) is 2.89. The Morgan fingerprint density at radius 1 is 0.838 bits per heavy atom. The molecule has 0 unspecified atom stereocenters. The number of nitrogens with one attached hydrogen (secondary N) is 2. The Bertz CT molecular complexity index is 1480. The van der Waals surface area contributed by atoms with Crippen LogP contribution in [-0.4, -0.2) is 30.1 Å². The van der Waals surface area contributed by atoms with Crippen LogP contribution in [0.4, 0.5) is 11.4 Å². The Balaban J connectivity index is 1.40. The number of anilines is 2. The molecule has 1 heterocycles. The maximum Gasteiger partial charge on any atom is 0.263 e. The van der Waals surface area contributed by atoms with Gasteiger partial charge in [0.1, 0.15) is 5.56 Å². The van der Waals surface area contributed by atoms with Crippen molar-refractivity contribution in [1.82, 2.24) is 4.57 Å². The molecule has 37 heavy (non-hydrogen) atoms. The first-order valence-corrected chi connectivity index (χ1v) is 11.6. The Hall–Kier alpha value is -4.85. The van der Waals surface area contributed by atoms with Crippen molar-refractivity contribution < 1.29 is 19.1 Å². The van der Waals surface area contributed by atoms with Gasteiger partial charge in [-0.25, -0.2) is 0 Å². The average molecular weight is 498 g/mol. The van der Waals surface area contributed by atoms with Crippen LogP contribution < -0.4 is 25.7 Å². The van der Waals surface area contributed by atoms with E-state index in [2.05, 4.69) is 10.6 Å². The highest BCUT2D eigenvalue weighted by Gasteiger charge is 2.14. The van der Waals surface area contributed by atoms with Gasteiger partial charge in [0.2, 0.25) is 0 Å². The first-order chi connectivity index (χ1) is 17.9. The molecular formula is C29H27N3O5. The smallest absolute Gasteiger partial charge is 0.263 e. The summed E-state index contributed by atoms with van der Waals surface area (Å²) < 4.78 is 12.3. The molecule has 0 bridgehead atoms. The van der Waals surface area contributed by atoms with Crippen LogP contribution in [0.15, 0.2) is 95.9 Å². The number of hydrogen-bond donors (Lipinski definition) is 2. The SMILES string of the molecule is COc1ccccc1OCC(=O)Nc1cccc(NC(=O)c2cccn(Cc3cccc(C)c3)c2=O)c1. The number of carbonyl (C=O) groups excluding carboxylic acids is 2. The highest BCUT2D eigenvalue weighted by Crippen LogP contribution is 2.25. The van der Waals surface area contributed by atoms with Crippen LogP contribution in [0.1, 0.15) is 21.5 Å². The zero-order valence-electron chi connectivity index (χ0n) is 20.6. The molecule has 0 radical (unpaired) electrons. The van der Waals surface area contributed by atoms with E-state index in [9.17, 15) is 14.4 Å². The summed E-state index contributed by atoms with van der Waals surface area (Å²) in [6, 6.07) is 24.7. The van der Waals surface area contributed by atoms with Gasteiger partial charge >= 0.3 is 0 Å². The van der Waals surface area contributed by atoms with Crippen molar-refractivity contribution in [2.45, 2.75) is 13.5 Å². The van der Waals surface area contributed by atoms with E-state index < -0.39 is 5.91 Å². The number of rotatable bonds is 9. The van der Waals surface area contributed by atoms with E-state index in [1.807, 2.05) is 31.2 Å². The number of carbonyl (C=O) groups is 2. The van der Waals surface area contributed by atoms with Gasteiger partial charge in [0.25, 0.3) is 17.4 Å². The fourth-order valence-corrected chi connectivity index (χ4v) is 3.79. The quantitative estimate of drug-likeness (QED) is 0.355. The molecule has 1 aromatic heterocycles. The van der Waals surface area contributed by atoms with Crippen LogP contribution in [0.2, 0.25) is 0 Å². The lowest BCUT2D eigenvalue weighted by molar-refractivity contribution is -0.118. The van der Waals surface area contributed by atoms with E-state index >= 15 is 0 Å². The molecule has 0 fully saturated rings. The molecule has 3 aromatic carbocycles. The summed E-state index contributed by atoms with van der Waals surface area (Å²) in [5.41, 5.74) is 2.60. The summed E-state index contributed by atoms with van der Waals surface area (Å²) in [6.45, 7) is 2.13. The molecule has 2 amide bonds. The topological polar surface area (TPSA) is 98.7 Å². The molecule has 8 heteroatoms. The zero-order valence-corrected chi connectivity index (χ0v) is 20.6. The number of amides is 2. The van der Waals surface area contributed by atoms with Crippen molar-refractivity contribution in [3.05, 3.63) is 118 Å². The van der Waals surface area contributed by atoms with E-state index in [0.717, 1.165) is 11.1 Å². The zero-order chi connectivity index (χ0) is 26.2. The Morgan fingerprint density at radius 3 is 2.32 bits per heavy atom. The number of hydrogen-bond acceptors (Lipinski definition) is 5. The summed E-state index contributed by atoms with van der Waals surface area (Å²) in [7, 11) is 1.52. The monoisotopic (exact) mass is 497 g/mol. The number of pyridine rings is 1. The molecule has 2 N–H and O–H groups in total. The van der Waals surface area contributed by atoms with Crippen LogP contribution in [-0.2, 0) is 11.3 Å². The third-order valence-electron chi connectivity index (χ3n) is 5.53. The van der Waals surface area contributed by atoms with E-state index in [1.54, 1.807) is 60.8 Å². The van der Waals surface area contributed by atoms with Gasteiger partial charge in [0.05, 0.1) is 13.7 Å². The second-order valence-corrected chi connectivity index (χ2v) is 8.37. The van der Waals surface area contributed by atoms with Crippen molar-refractivity contribution in [3.63, 3.8) is 0 Å². The van der Waals surface area contributed by atoms with Gasteiger partial charge in [-0.05, 0) is 55.0 Å². The van der Waals surface area contributed by atoms with Gasteiger partial charge in [0, 0.05) is 17.6 Å². The van der Waals surface area contributed by atoms with Crippen molar-refractivity contribution in [3.8, 4) is 11.5 Å². The minimum Gasteiger partial charge on any atom is -0.493 e. The van der Waals surface area contributed by atoms with Crippen LogP contribution in [0.25, 0.3) is 0 Å². The second-order valence-electron chi connectivity index (χ2n) is 8.37. The number of para-hydroxylation sites is 2. The molecule has 0 spiro atoms. The van der Waals surface area contributed by atoms with E-state index in [0.29, 0.717) is 29.4 Å². The molecule has 0 aliphatic rings. The summed E-state index contributed by atoms with van der Waals surface area (Å²) >= 11 is 0. The third kappa shape index (κ3) is 6.64. The minimum absolute atomic E-state index is 0.0230. The molecule has 0 saturated heterocycles. The maximum absolute atomic E-state index is 13.0. The molecule has 4 aromatic rings. The van der Waals surface area contributed by atoms with Crippen molar-refractivity contribution in [2.24, 2.45) is 0 Å². The van der Waals surface area contributed by atoms with Crippen molar-refractivity contribution in [2.75, 3.05) is 24.4 Å². The van der Waals surface area contributed by atoms with Crippen molar-refractivity contribution >= 4 is 23.2 Å². The lowest BCUT2D eigenvalue weighted by Gasteiger charge is -2.12. The number of ether oxygens (including phenoxy) is 2. The number of methoxy groups -OCH3 is 1. The third-order valence-corrected chi connectivity index (χ3v) is 5.53. The van der Waals surface area contributed by atoms with Crippen LogP contribution in [0.3, 0.4) is 0 Å². The molecule has 0 saturated carbocycles. The summed E-state index contributed by atoms with van der Waals surface area (Å²) in [4.78, 5) is 38.2. The number of nitrogens with zero attached hydrogens (tertiary/aromatic N) is 1. The van der Waals surface area contributed by atoms with Crippen molar-refractivity contribution in [1.29, 1.82) is 0 Å². The predicted octanol–water partition coefficient (Wildman–Crippen LogP) is 4.48. The van der Waals surface area contributed by atoms with E-state index in [-0.39, 0.29) is 23.6 Å². The standard InChI is InChI=1S/C29H27N3O5/c1-20-8-5-9-21(16-20)18-32-15-7-12-24(29(32)35)28(34)31-23-11-6-10-22(17-23)30-27(33)19-37-26-14-4-3-13-25(26)36-2/h3-17H,18-19H2,1-2H3,(H,30,33)(H,31,34). The predicted molar refractivity (Wildman–Crippen MR) is 142 cm³/mol. The van der Waals surface area contributed by atoms with Gasteiger partial charge in [0.15, 0.2) is 18.1 Å². The van der Waals surface area contributed by atoms with Gasteiger partial charge < -0.3 is 24.7 Å². The maximum atomic E-state index is 13.0.